The number of guanidine groups is 1. The van der Waals surface area contributed by atoms with Crippen LogP contribution in [0.1, 0.15) is 45.2 Å². The quantitative estimate of drug-likeness (QED) is 0.634. The summed E-state index contributed by atoms with van der Waals surface area (Å²) in [6.45, 7) is 7.20. The number of amides is 1. The summed E-state index contributed by atoms with van der Waals surface area (Å²) in [5.41, 5.74) is 0.855. The van der Waals surface area contributed by atoms with E-state index in [1.165, 1.54) is 0 Å². The van der Waals surface area contributed by atoms with Crippen molar-refractivity contribution in [2.45, 2.75) is 45.3 Å². The van der Waals surface area contributed by atoms with Crippen LogP contribution in [0.5, 0.6) is 5.75 Å². The first-order valence-corrected chi connectivity index (χ1v) is 8.85. The number of carbonyl (C=O) groups is 1. The van der Waals surface area contributed by atoms with E-state index >= 15 is 0 Å². The molecular formula is C19H30N4O2. The lowest BCUT2D eigenvalue weighted by Crippen LogP contribution is -2.45. The number of hydrogen-bond acceptors (Lipinski definition) is 3. The normalized spacial score (nSPS) is 18.8. The van der Waals surface area contributed by atoms with E-state index in [0.717, 1.165) is 30.7 Å². The molecule has 1 unspecified atom stereocenters. The Balaban J connectivity index is 2.19. The lowest BCUT2D eigenvalue weighted by Gasteiger charge is -2.38. The summed E-state index contributed by atoms with van der Waals surface area (Å²) in [6, 6.07) is 8.15. The second-order valence-electron chi connectivity index (χ2n) is 7.18. The average molecular weight is 346 g/mol. The van der Waals surface area contributed by atoms with Crippen LogP contribution in [0.2, 0.25) is 0 Å². The van der Waals surface area contributed by atoms with E-state index in [1.54, 1.807) is 19.0 Å². The molecule has 2 N–H and O–H groups in total. The Hall–Kier alpha value is -2.24. The van der Waals surface area contributed by atoms with Gasteiger partial charge in [0.1, 0.15) is 17.9 Å². The van der Waals surface area contributed by atoms with Gasteiger partial charge in [0.2, 0.25) is 5.91 Å². The molecule has 1 aromatic carbocycles. The van der Waals surface area contributed by atoms with Gasteiger partial charge in [-0.2, -0.15) is 0 Å². The zero-order chi connectivity index (χ0) is 18.4. The van der Waals surface area contributed by atoms with Crippen molar-refractivity contribution < 1.29 is 9.53 Å². The van der Waals surface area contributed by atoms with E-state index < -0.39 is 0 Å². The number of likely N-dealkylation sites (N-methyl/N-ethyl adjacent to an activating group) is 1. The summed E-state index contributed by atoms with van der Waals surface area (Å²) >= 11 is 0. The maximum absolute atomic E-state index is 11.9. The standard InChI is InChI=1S/C19H30N4O2/c1-6-11-20-18(21-13-17(24)23(4)5)22-15-12-19(2,3)25-16-10-8-7-9-14(15)16/h7-10,15H,6,11-13H2,1-5H3,(H2,20,21,22). The van der Waals surface area contributed by atoms with Crippen LogP contribution in [-0.4, -0.2) is 49.6 Å². The minimum Gasteiger partial charge on any atom is -0.487 e. The Morgan fingerprint density at radius 3 is 2.76 bits per heavy atom. The topological polar surface area (TPSA) is 66.0 Å². The van der Waals surface area contributed by atoms with E-state index in [-0.39, 0.29) is 24.1 Å². The van der Waals surface area contributed by atoms with Gasteiger partial charge in [-0.15, -0.1) is 0 Å². The fourth-order valence-corrected chi connectivity index (χ4v) is 2.78. The molecule has 1 aromatic rings. The van der Waals surface area contributed by atoms with E-state index in [1.807, 2.05) is 18.2 Å². The molecule has 0 saturated heterocycles. The highest BCUT2D eigenvalue weighted by Crippen LogP contribution is 2.39. The Morgan fingerprint density at radius 1 is 1.36 bits per heavy atom. The maximum atomic E-state index is 11.9. The SMILES string of the molecule is CCCNC(=NCC(=O)N(C)C)NC1CC(C)(C)Oc2ccccc21. The fourth-order valence-electron chi connectivity index (χ4n) is 2.78. The van der Waals surface area contributed by atoms with Gasteiger partial charge in [0.05, 0.1) is 6.04 Å². The van der Waals surface area contributed by atoms with E-state index in [9.17, 15) is 4.79 Å². The molecule has 0 saturated carbocycles. The van der Waals surface area contributed by atoms with Crippen molar-refractivity contribution in [3.63, 3.8) is 0 Å². The van der Waals surface area contributed by atoms with Gasteiger partial charge < -0.3 is 20.3 Å². The molecule has 6 heteroatoms. The molecule has 6 nitrogen and oxygen atoms in total. The van der Waals surface area contributed by atoms with Crippen molar-refractivity contribution in [2.24, 2.45) is 4.99 Å². The van der Waals surface area contributed by atoms with Gasteiger partial charge in [0.15, 0.2) is 5.96 Å². The Kier molecular flexibility index (Phi) is 6.28. The summed E-state index contributed by atoms with van der Waals surface area (Å²) < 4.78 is 6.08. The van der Waals surface area contributed by atoms with Gasteiger partial charge in [-0.3, -0.25) is 4.79 Å². The van der Waals surface area contributed by atoms with Gasteiger partial charge in [0, 0.05) is 32.6 Å². The molecule has 0 radical (unpaired) electrons. The van der Waals surface area contributed by atoms with Gasteiger partial charge in [-0.25, -0.2) is 4.99 Å². The fraction of sp³-hybridized carbons (Fsp3) is 0.579. The molecule has 0 spiro atoms. The first-order chi connectivity index (χ1) is 11.8. The number of aliphatic imine (C=N–C) groups is 1. The molecule has 0 fully saturated rings. The second-order valence-corrected chi connectivity index (χ2v) is 7.18. The summed E-state index contributed by atoms with van der Waals surface area (Å²) in [5, 5.41) is 6.78. The monoisotopic (exact) mass is 346 g/mol. The minimum atomic E-state index is -0.263. The third-order valence-electron chi connectivity index (χ3n) is 4.10. The second kappa shape index (κ2) is 8.23. The average Bonchev–Trinajstić information content (AvgIpc) is 2.55. The summed E-state index contributed by atoms with van der Waals surface area (Å²) in [4.78, 5) is 17.9. The number of rotatable bonds is 5. The molecule has 138 valence electrons. The zero-order valence-corrected chi connectivity index (χ0v) is 15.9. The van der Waals surface area contributed by atoms with Crippen molar-refractivity contribution >= 4 is 11.9 Å². The van der Waals surface area contributed by atoms with E-state index in [0.29, 0.717) is 5.96 Å². The van der Waals surface area contributed by atoms with Crippen molar-refractivity contribution in [1.29, 1.82) is 0 Å². The molecule has 1 aliphatic heterocycles. The molecule has 0 aliphatic carbocycles. The number of nitrogens with one attached hydrogen (secondary N) is 2. The molecule has 1 amide bonds. The highest BCUT2D eigenvalue weighted by molar-refractivity contribution is 5.85. The first-order valence-electron chi connectivity index (χ1n) is 8.85. The molecule has 1 atom stereocenters. The number of nitrogens with zero attached hydrogens (tertiary/aromatic N) is 2. The predicted molar refractivity (Wildman–Crippen MR) is 101 cm³/mol. The number of fused-ring (bicyclic) bond motifs is 1. The molecule has 2 rings (SSSR count). The first kappa shape index (κ1) is 19.1. The Bertz CT molecular complexity index is 626. The molecule has 1 heterocycles. The highest BCUT2D eigenvalue weighted by Gasteiger charge is 2.33. The minimum absolute atomic E-state index is 0.0229. The Labute approximate surface area is 150 Å². The zero-order valence-electron chi connectivity index (χ0n) is 15.9. The smallest absolute Gasteiger partial charge is 0.243 e. The van der Waals surface area contributed by atoms with Crippen molar-refractivity contribution in [3.05, 3.63) is 29.8 Å². The van der Waals surface area contributed by atoms with Crippen molar-refractivity contribution in [1.82, 2.24) is 15.5 Å². The van der Waals surface area contributed by atoms with Gasteiger partial charge in [-0.05, 0) is 26.3 Å². The highest BCUT2D eigenvalue weighted by atomic mass is 16.5. The Morgan fingerprint density at radius 2 is 2.08 bits per heavy atom. The third-order valence-corrected chi connectivity index (χ3v) is 4.10. The van der Waals surface area contributed by atoms with Crippen LogP contribution in [-0.2, 0) is 4.79 Å². The van der Waals surface area contributed by atoms with Crippen LogP contribution in [0.25, 0.3) is 0 Å². The largest absolute Gasteiger partial charge is 0.487 e. The lowest BCUT2D eigenvalue weighted by atomic mass is 9.90. The maximum Gasteiger partial charge on any atom is 0.243 e. The van der Waals surface area contributed by atoms with Crippen LogP contribution < -0.4 is 15.4 Å². The lowest BCUT2D eigenvalue weighted by molar-refractivity contribution is -0.127. The van der Waals surface area contributed by atoms with Gasteiger partial charge in [0.25, 0.3) is 0 Å². The summed E-state index contributed by atoms with van der Waals surface area (Å²) in [6.07, 6.45) is 1.80. The summed E-state index contributed by atoms with van der Waals surface area (Å²) in [7, 11) is 3.48. The number of para-hydroxylation sites is 1. The van der Waals surface area contributed by atoms with E-state index in [2.05, 4.69) is 42.5 Å². The van der Waals surface area contributed by atoms with Crippen LogP contribution in [0.15, 0.2) is 29.3 Å². The van der Waals surface area contributed by atoms with Crippen molar-refractivity contribution in [3.8, 4) is 5.75 Å². The number of carbonyl (C=O) groups excluding carboxylic acids is 1. The number of ether oxygens (including phenoxy) is 1. The molecule has 25 heavy (non-hydrogen) atoms. The number of benzene rings is 1. The van der Waals surface area contributed by atoms with Gasteiger partial charge in [-0.1, -0.05) is 25.1 Å². The van der Waals surface area contributed by atoms with Crippen LogP contribution in [0, 0.1) is 0 Å². The van der Waals surface area contributed by atoms with Gasteiger partial charge >= 0.3 is 0 Å². The van der Waals surface area contributed by atoms with Crippen LogP contribution >= 0.6 is 0 Å². The van der Waals surface area contributed by atoms with Crippen LogP contribution in [0.4, 0.5) is 0 Å². The predicted octanol–water partition coefficient (Wildman–Crippen LogP) is 2.32. The molecule has 0 bridgehead atoms. The summed E-state index contributed by atoms with van der Waals surface area (Å²) in [5.74, 6) is 1.54. The molecule has 0 aromatic heterocycles. The molecular weight excluding hydrogens is 316 g/mol. The van der Waals surface area contributed by atoms with Crippen LogP contribution in [0.3, 0.4) is 0 Å². The molecule has 1 aliphatic rings. The third kappa shape index (κ3) is 5.37. The van der Waals surface area contributed by atoms with Crippen molar-refractivity contribution in [2.75, 3.05) is 27.2 Å². The number of hydrogen-bond donors (Lipinski definition) is 2. The van der Waals surface area contributed by atoms with E-state index in [4.69, 9.17) is 4.74 Å².